The normalized spacial score (nSPS) is 9.73. The average Bonchev–Trinajstić information content (AvgIpc) is 2.12. The molecule has 0 atom stereocenters. The molecular formula is C10H16N2O3. The minimum Gasteiger partial charge on any atom is -0.480 e. The molecule has 0 bridgehead atoms. The van der Waals surface area contributed by atoms with E-state index in [1.54, 1.807) is 0 Å². The van der Waals surface area contributed by atoms with Crippen molar-refractivity contribution in [1.29, 1.82) is 0 Å². The van der Waals surface area contributed by atoms with Crippen molar-refractivity contribution < 1.29 is 14.7 Å². The van der Waals surface area contributed by atoms with Crippen LogP contribution in [0.15, 0.2) is 0 Å². The summed E-state index contributed by atoms with van der Waals surface area (Å²) in [4.78, 5) is 25.0. The maximum absolute atomic E-state index is 11.5. The number of carbonyl (C=O) groups is 2. The number of aliphatic carboxylic acids is 1. The zero-order valence-electron chi connectivity index (χ0n) is 9.06. The van der Waals surface area contributed by atoms with E-state index in [0.717, 1.165) is 4.90 Å². The fraction of sp³-hybridized carbons (Fsp3) is 0.600. The molecule has 0 rings (SSSR count). The highest BCUT2D eigenvalue weighted by molar-refractivity contribution is 5.81. The van der Waals surface area contributed by atoms with Gasteiger partial charge in [0, 0.05) is 13.0 Å². The molecule has 0 aromatic carbocycles. The Morgan fingerprint density at radius 3 is 2.40 bits per heavy atom. The summed E-state index contributed by atoms with van der Waals surface area (Å²) >= 11 is 0. The summed E-state index contributed by atoms with van der Waals surface area (Å²) < 4.78 is 0. The lowest BCUT2D eigenvalue weighted by atomic mass is 10.3. The summed E-state index contributed by atoms with van der Waals surface area (Å²) in [7, 11) is 3.69. The molecule has 0 aromatic rings. The first-order chi connectivity index (χ1) is 6.97. The highest BCUT2D eigenvalue weighted by Crippen LogP contribution is 1.95. The maximum Gasteiger partial charge on any atom is 0.323 e. The lowest BCUT2D eigenvalue weighted by Crippen LogP contribution is -2.37. The summed E-state index contributed by atoms with van der Waals surface area (Å²) in [5, 5.41) is 8.56. The van der Waals surface area contributed by atoms with E-state index in [1.807, 2.05) is 19.0 Å². The van der Waals surface area contributed by atoms with Gasteiger partial charge in [-0.05, 0) is 14.1 Å². The van der Waals surface area contributed by atoms with E-state index in [1.165, 1.54) is 0 Å². The van der Waals surface area contributed by atoms with Crippen LogP contribution in [0.2, 0.25) is 0 Å². The van der Waals surface area contributed by atoms with Gasteiger partial charge in [0.15, 0.2) is 0 Å². The second kappa shape index (κ2) is 6.85. The molecule has 0 saturated carbocycles. The molecule has 0 radical (unpaired) electrons. The Bertz CT molecular complexity index is 268. The Morgan fingerprint density at radius 2 is 2.00 bits per heavy atom. The van der Waals surface area contributed by atoms with E-state index in [9.17, 15) is 9.59 Å². The van der Waals surface area contributed by atoms with Crippen LogP contribution in [0, 0.1) is 12.3 Å². The van der Waals surface area contributed by atoms with Crippen LogP contribution < -0.4 is 0 Å². The molecule has 0 aliphatic carbocycles. The molecule has 0 heterocycles. The molecule has 1 amide bonds. The third-order valence-electron chi connectivity index (χ3n) is 1.73. The van der Waals surface area contributed by atoms with Gasteiger partial charge >= 0.3 is 5.97 Å². The van der Waals surface area contributed by atoms with Crippen molar-refractivity contribution >= 4 is 11.9 Å². The van der Waals surface area contributed by atoms with Crippen LogP contribution in [0.3, 0.4) is 0 Å². The minimum atomic E-state index is -1.05. The van der Waals surface area contributed by atoms with Gasteiger partial charge in [0.2, 0.25) is 5.91 Å². The first kappa shape index (κ1) is 13.5. The van der Waals surface area contributed by atoms with Crippen LogP contribution >= 0.6 is 0 Å². The predicted octanol–water partition coefficient (Wildman–Crippen LogP) is -0.515. The molecule has 0 spiro atoms. The largest absolute Gasteiger partial charge is 0.480 e. The van der Waals surface area contributed by atoms with Gasteiger partial charge in [-0.1, -0.05) is 5.92 Å². The highest BCUT2D eigenvalue weighted by atomic mass is 16.4. The smallest absolute Gasteiger partial charge is 0.323 e. The number of hydrogen-bond acceptors (Lipinski definition) is 3. The van der Waals surface area contributed by atoms with Gasteiger partial charge in [0.1, 0.15) is 6.54 Å². The van der Waals surface area contributed by atoms with Gasteiger partial charge in [-0.25, -0.2) is 0 Å². The molecule has 15 heavy (non-hydrogen) atoms. The Kier molecular flexibility index (Phi) is 6.14. The van der Waals surface area contributed by atoms with E-state index >= 15 is 0 Å². The van der Waals surface area contributed by atoms with Gasteiger partial charge in [0.05, 0.1) is 6.54 Å². The van der Waals surface area contributed by atoms with Crippen molar-refractivity contribution in [2.75, 3.05) is 33.7 Å². The molecular weight excluding hydrogens is 196 g/mol. The third kappa shape index (κ3) is 6.52. The number of nitrogens with zero attached hydrogens (tertiary/aromatic N) is 2. The Balaban J connectivity index is 4.17. The molecule has 84 valence electrons. The summed E-state index contributed by atoms with van der Waals surface area (Å²) in [6.45, 7) is 0.286. The summed E-state index contributed by atoms with van der Waals surface area (Å²) in [6.07, 6.45) is 5.33. The lowest BCUT2D eigenvalue weighted by Gasteiger charge is -2.19. The molecule has 5 nitrogen and oxygen atoms in total. The molecule has 0 aromatic heterocycles. The zero-order valence-corrected chi connectivity index (χ0v) is 9.06. The quantitative estimate of drug-likeness (QED) is 0.602. The van der Waals surface area contributed by atoms with Gasteiger partial charge in [-0.3, -0.25) is 9.59 Å². The van der Waals surface area contributed by atoms with Crippen LogP contribution in [-0.2, 0) is 9.59 Å². The molecule has 0 aliphatic heterocycles. The Morgan fingerprint density at radius 1 is 1.40 bits per heavy atom. The number of rotatable bonds is 6. The van der Waals surface area contributed by atoms with Gasteiger partial charge in [0.25, 0.3) is 0 Å². The molecule has 1 N–H and O–H groups in total. The maximum atomic E-state index is 11.5. The average molecular weight is 212 g/mol. The summed E-state index contributed by atoms with van der Waals surface area (Å²) in [6, 6.07) is 0. The van der Waals surface area contributed by atoms with E-state index < -0.39 is 5.97 Å². The molecule has 5 heteroatoms. The van der Waals surface area contributed by atoms with E-state index in [4.69, 9.17) is 11.5 Å². The fourth-order valence-corrected chi connectivity index (χ4v) is 0.983. The van der Waals surface area contributed by atoms with Crippen molar-refractivity contribution in [3.8, 4) is 12.3 Å². The van der Waals surface area contributed by atoms with E-state index in [0.29, 0.717) is 6.54 Å². The Hall–Kier alpha value is -1.54. The standard InChI is InChI=1S/C10H16N2O3/c1-4-6-12(8-10(14)15)9(13)5-7-11(2)3/h1H,5-8H2,2-3H3,(H,14,15). The number of carboxylic acids is 1. The second-order valence-electron chi connectivity index (χ2n) is 3.40. The third-order valence-corrected chi connectivity index (χ3v) is 1.73. The highest BCUT2D eigenvalue weighted by Gasteiger charge is 2.15. The number of amides is 1. The van der Waals surface area contributed by atoms with Crippen LogP contribution in [-0.4, -0.2) is 60.5 Å². The summed E-state index contributed by atoms with van der Waals surface area (Å²) in [5.41, 5.74) is 0. The van der Waals surface area contributed by atoms with Gasteiger partial charge in [-0.2, -0.15) is 0 Å². The van der Waals surface area contributed by atoms with E-state index in [-0.39, 0.29) is 25.4 Å². The number of carboxylic acid groups (broad SMARTS) is 1. The Labute approximate surface area is 89.7 Å². The molecule has 0 unspecified atom stereocenters. The first-order valence-corrected chi connectivity index (χ1v) is 4.55. The van der Waals surface area contributed by atoms with Crippen molar-refractivity contribution in [3.63, 3.8) is 0 Å². The van der Waals surface area contributed by atoms with E-state index in [2.05, 4.69) is 5.92 Å². The van der Waals surface area contributed by atoms with Crippen LogP contribution in [0.25, 0.3) is 0 Å². The first-order valence-electron chi connectivity index (χ1n) is 4.55. The van der Waals surface area contributed by atoms with Crippen molar-refractivity contribution in [2.24, 2.45) is 0 Å². The van der Waals surface area contributed by atoms with Gasteiger partial charge < -0.3 is 14.9 Å². The number of hydrogen-bond donors (Lipinski definition) is 1. The van der Waals surface area contributed by atoms with Crippen LogP contribution in [0.1, 0.15) is 6.42 Å². The molecule has 0 aliphatic rings. The minimum absolute atomic E-state index is 0.0402. The topological polar surface area (TPSA) is 60.9 Å². The van der Waals surface area contributed by atoms with Crippen molar-refractivity contribution in [1.82, 2.24) is 9.80 Å². The number of terminal acetylenes is 1. The summed E-state index contributed by atoms with van der Waals surface area (Å²) in [5.74, 6) is 0.985. The zero-order chi connectivity index (χ0) is 11.8. The second-order valence-corrected chi connectivity index (χ2v) is 3.40. The molecule has 0 saturated heterocycles. The molecule has 0 fully saturated rings. The van der Waals surface area contributed by atoms with Crippen LogP contribution in [0.4, 0.5) is 0 Å². The van der Waals surface area contributed by atoms with Gasteiger partial charge in [-0.15, -0.1) is 6.42 Å². The van der Waals surface area contributed by atoms with Crippen molar-refractivity contribution in [3.05, 3.63) is 0 Å². The van der Waals surface area contributed by atoms with Crippen molar-refractivity contribution in [2.45, 2.75) is 6.42 Å². The van der Waals surface area contributed by atoms with Crippen LogP contribution in [0.5, 0.6) is 0 Å². The monoisotopic (exact) mass is 212 g/mol. The lowest BCUT2D eigenvalue weighted by molar-refractivity contribution is -0.144. The predicted molar refractivity (Wildman–Crippen MR) is 56.2 cm³/mol. The number of carbonyl (C=O) groups excluding carboxylic acids is 1. The SMILES string of the molecule is C#CCN(CC(=O)O)C(=O)CCN(C)C. The fourth-order valence-electron chi connectivity index (χ4n) is 0.983.